The molecule has 0 saturated carbocycles. The average Bonchev–Trinajstić information content (AvgIpc) is 3.10. The predicted molar refractivity (Wildman–Crippen MR) is 104 cm³/mol. The van der Waals surface area contributed by atoms with Crippen molar-refractivity contribution in [3.05, 3.63) is 65.7 Å². The molecule has 27 heavy (non-hydrogen) atoms. The lowest BCUT2D eigenvalue weighted by atomic mass is 10.1. The van der Waals surface area contributed by atoms with Gasteiger partial charge in [0.05, 0.1) is 19.1 Å². The molecule has 2 aromatic rings. The van der Waals surface area contributed by atoms with Crippen LogP contribution in [0.5, 0.6) is 5.75 Å². The van der Waals surface area contributed by atoms with E-state index in [-0.39, 0.29) is 30.2 Å². The van der Waals surface area contributed by atoms with E-state index in [1.54, 1.807) is 7.11 Å². The number of hydrogen-bond donors (Lipinski definition) is 1. The highest BCUT2D eigenvalue weighted by Gasteiger charge is 2.36. The number of nitrogens with one attached hydrogen (secondary N) is 1. The van der Waals surface area contributed by atoms with E-state index < -0.39 is 0 Å². The van der Waals surface area contributed by atoms with Gasteiger partial charge in [-0.2, -0.15) is 0 Å². The van der Waals surface area contributed by atoms with Gasteiger partial charge in [-0.15, -0.1) is 0 Å². The molecule has 2 aromatic carbocycles. The Morgan fingerprint density at radius 3 is 2.74 bits per heavy atom. The van der Waals surface area contributed by atoms with Gasteiger partial charge in [-0.1, -0.05) is 42.5 Å². The van der Waals surface area contributed by atoms with Crippen LogP contribution in [0.2, 0.25) is 0 Å². The van der Waals surface area contributed by atoms with Crippen molar-refractivity contribution >= 4 is 11.8 Å². The van der Waals surface area contributed by atoms with Crippen molar-refractivity contribution in [2.24, 2.45) is 5.92 Å². The molecule has 142 valence electrons. The van der Waals surface area contributed by atoms with Crippen molar-refractivity contribution in [2.45, 2.75) is 25.8 Å². The monoisotopic (exact) mass is 366 g/mol. The molecule has 1 fully saturated rings. The van der Waals surface area contributed by atoms with Crippen LogP contribution in [0, 0.1) is 5.92 Å². The fourth-order valence-corrected chi connectivity index (χ4v) is 3.50. The molecule has 0 aliphatic carbocycles. The third-order valence-electron chi connectivity index (χ3n) is 5.13. The van der Waals surface area contributed by atoms with E-state index in [2.05, 4.69) is 5.32 Å². The van der Waals surface area contributed by atoms with Gasteiger partial charge >= 0.3 is 0 Å². The lowest BCUT2D eigenvalue weighted by Gasteiger charge is -2.25. The largest absolute Gasteiger partial charge is 0.497 e. The Labute approximate surface area is 160 Å². The predicted octanol–water partition coefficient (Wildman–Crippen LogP) is 2.96. The highest BCUT2D eigenvalue weighted by Crippen LogP contribution is 2.28. The van der Waals surface area contributed by atoms with E-state index in [9.17, 15) is 9.59 Å². The summed E-state index contributed by atoms with van der Waals surface area (Å²) >= 11 is 0. The van der Waals surface area contributed by atoms with Crippen LogP contribution in [-0.2, 0) is 16.0 Å². The Morgan fingerprint density at radius 2 is 2.00 bits per heavy atom. The molecule has 1 heterocycles. The molecule has 1 aliphatic rings. The summed E-state index contributed by atoms with van der Waals surface area (Å²) in [5.41, 5.74) is 2.20. The van der Waals surface area contributed by atoms with E-state index in [1.165, 1.54) is 0 Å². The Balaban J connectivity index is 1.51. The second-order valence-electron chi connectivity index (χ2n) is 6.93. The second kappa shape index (κ2) is 8.71. The van der Waals surface area contributed by atoms with Crippen molar-refractivity contribution in [3.63, 3.8) is 0 Å². The normalized spacial score (nSPS) is 17.6. The van der Waals surface area contributed by atoms with Crippen LogP contribution < -0.4 is 10.1 Å². The molecule has 5 heteroatoms. The summed E-state index contributed by atoms with van der Waals surface area (Å²) in [5.74, 6) is 0.521. The second-order valence-corrected chi connectivity index (χ2v) is 6.93. The molecule has 5 nitrogen and oxygen atoms in total. The highest BCUT2D eigenvalue weighted by atomic mass is 16.5. The SMILES string of the molecule is COc1cccc(CCNC(=O)C2CC(=O)N(C(C)c3ccccc3)C2)c1. The summed E-state index contributed by atoms with van der Waals surface area (Å²) in [5, 5.41) is 2.97. The number of likely N-dealkylation sites (tertiary alicyclic amines) is 1. The lowest BCUT2D eigenvalue weighted by Crippen LogP contribution is -2.34. The summed E-state index contributed by atoms with van der Waals surface area (Å²) in [6, 6.07) is 17.7. The number of carbonyl (C=O) groups excluding carboxylic acids is 2. The highest BCUT2D eigenvalue weighted by molar-refractivity contribution is 5.89. The molecule has 1 saturated heterocycles. The van der Waals surface area contributed by atoms with Gasteiger partial charge in [0.1, 0.15) is 5.75 Å². The molecular weight excluding hydrogens is 340 g/mol. The molecule has 1 aliphatic heterocycles. The smallest absolute Gasteiger partial charge is 0.225 e. The molecule has 2 unspecified atom stereocenters. The van der Waals surface area contributed by atoms with Crippen LogP contribution in [-0.4, -0.2) is 36.9 Å². The summed E-state index contributed by atoms with van der Waals surface area (Å²) in [4.78, 5) is 26.7. The van der Waals surface area contributed by atoms with Gasteiger partial charge in [0.2, 0.25) is 11.8 Å². The van der Waals surface area contributed by atoms with Gasteiger partial charge in [-0.05, 0) is 36.6 Å². The minimum atomic E-state index is -0.283. The number of hydrogen-bond acceptors (Lipinski definition) is 3. The fraction of sp³-hybridized carbons (Fsp3) is 0.364. The zero-order valence-corrected chi connectivity index (χ0v) is 15.9. The molecule has 2 atom stereocenters. The minimum absolute atomic E-state index is 0.0201. The summed E-state index contributed by atoms with van der Waals surface area (Å²) < 4.78 is 5.22. The summed E-state index contributed by atoms with van der Waals surface area (Å²) in [7, 11) is 1.64. The first kappa shape index (κ1) is 19.0. The maximum atomic E-state index is 12.5. The van der Waals surface area contributed by atoms with Gasteiger partial charge in [-0.3, -0.25) is 9.59 Å². The van der Waals surface area contributed by atoms with E-state index in [0.717, 1.165) is 23.3 Å². The maximum absolute atomic E-state index is 12.5. The van der Waals surface area contributed by atoms with Crippen molar-refractivity contribution in [3.8, 4) is 5.75 Å². The van der Waals surface area contributed by atoms with E-state index >= 15 is 0 Å². The van der Waals surface area contributed by atoms with Gasteiger partial charge in [-0.25, -0.2) is 0 Å². The molecule has 0 radical (unpaired) electrons. The molecule has 0 bridgehead atoms. The zero-order chi connectivity index (χ0) is 19.2. The van der Waals surface area contributed by atoms with Crippen molar-refractivity contribution < 1.29 is 14.3 Å². The number of methoxy groups -OCH3 is 1. The van der Waals surface area contributed by atoms with E-state index in [1.807, 2.05) is 66.4 Å². The fourth-order valence-electron chi connectivity index (χ4n) is 3.50. The summed E-state index contributed by atoms with van der Waals surface area (Å²) in [6.07, 6.45) is 1.01. The van der Waals surface area contributed by atoms with Gasteiger partial charge in [0.15, 0.2) is 0 Å². The third-order valence-corrected chi connectivity index (χ3v) is 5.13. The standard InChI is InChI=1S/C22H26N2O3/c1-16(18-8-4-3-5-9-18)24-15-19(14-21(24)25)22(26)23-12-11-17-7-6-10-20(13-17)27-2/h3-10,13,16,19H,11-12,14-15H2,1-2H3,(H,23,26). The van der Waals surface area contributed by atoms with Crippen LogP contribution in [0.15, 0.2) is 54.6 Å². The Kier molecular flexibility index (Phi) is 6.12. The number of amides is 2. The lowest BCUT2D eigenvalue weighted by molar-refractivity contribution is -0.130. The molecule has 2 amide bonds. The van der Waals surface area contributed by atoms with Crippen LogP contribution in [0.4, 0.5) is 0 Å². The maximum Gasteiger partial charge on any atom is 0.225 e. The number of nitrogens with zero attached hydrogens (tertiary/aromatic N) is 1. The number of rotatable bonds is 7. The van der Waals surface area contributed by atoms with Crippen LogP contribution in [0.25, 0.3) is 0 Å². The Bertz CT molecular complexity index is 791. The molecule has 3 rings (SSSR count). The third kappa shape index (κ3) is 4.67. The quantitative estimate of drug-likeness (QED) is 0.820. The molecular formula is C22H26N2O3. The van der Waals surface area contributed by atoms with E-state index in [0.29, 0.717) is 13.1 Å². The number of carbonyl (C=O) groups is 2. The van der Waals surface area contributed by atoms with Crippen molar-refractivity contribution in [1.82, 2.24) is 10.2 Å². The van der Waals surface area contributed by atoms with Gasteiger partial charge in [0, 0.05) is 19.5 Å². The number of benzene rings is 2. The molecule has 0 aromatic heterocycles. The average molecular weight is 366 g/mol. The van der Waals surface area contributed by atoms with Gasteiger partial charge in [0.25, 0.3) is 0 Å². The van der Waals surface area contributed by atoms with Gasteiger partial charge < -0.3 is 15.0 Å². The minimum Gasteiger partial charge on any atom is -0.497 e. The topological polar surface area (TPSA) is 58.6 Å². The zero-order valence-electron chi connectivity index (χ0n) is 15.9. The first-order valence-electron chi connectivity index (χ1n) is 9.33. The first-order valence-corrected chi connectivity index (χ1v) is 9.33. The Hall–Kier alpha value is -2.82. The van der Waals surface area contributed by atoms with Crippen LogP contribution >= 0.6 is 0 Å². The Morgan fingerprint density at radius 1 is 1.22 bits per heavy atom. The number of ether oxygens (including phenoxy) is 1. The van der Waals surface area contributed by atoms with Crippen LogP contribution in [0.1, 0.15) is 30.5 Å². The molecule has 0 spiro atoms. The first-order chi connectivity index (χ1) is 13.1. The summed E-state index contributed by atoms with van der Waals surface area (Å²) in [6.45, 7) is 3.03. The van der Waals surface area contributed by atoms with Crippen molar-refractivity contribution in [2.75, 3.05) is 20.2 Å². The van der Waals surface area contributed by atoms with Crippen molar-refractivity contribution in [1.29, 1.82) is 0 Å². The van der Waals surface area contributed by atoms with E-state index in [4.69, 9.17) is 4.74 Å². The molecule has 1 N–H and O–H groups in total. The van der Waals surface area contributed by atoms with Crippen LogP contribution in [0.3, 0.4) is 0 Å².